The van der Waals surface area contributed by atoms with Gasteiger partial charge in [0, 0.05) is 33.6 Å². The summed E-state index contributed by atoms with van der Waals surface area (Å²) in [5.74, 6) is 0.0445. The summed E-state index contributed by atoms with van der Waals surface area (Å²) in [6, 6.07) is 10.3. The Morgan fingerprint density at radius 2 is 1.81 bits per heavy atom. The zero-order valence-corrected chi connectivity index (χ0v) is 16.0. The maximum atomic E-state index is 11.8. The van der Waals surface area contributed by atoms with E-state index in [9.17, 15) is 4.79 Å². The van der Waals surface area contributed by atoms with Crippen molar-refractivity contribution in [3.63, 3.8) is 0 Å². The Balaban J connectivity index is 1.83. The zero-order chi connectivity index (χ0) is 18.8. The number of aliphatic imine (C=N–C) groups is 1. The Labute approximate surface area is 155 Å². The number of carbonyl (C=O) groups is 1. The van der Waals surface area contributed by atoms with Crippen molar-refractivity contribution < 1.29 is 14.3 Å². The number of hydrogen-bond donors (Lipinski definition) is 2. The van der Waals surface area contributed by atoms with Crippen LogP contribution in [0.1, 0.15) is 18.9 Å². The van der Waals surface area contributed by atoms with Gasteiger partial charge in [0.15, 0.2) is 11.7 Å². The second-order valence-corrected chi connectivity index (χ2v) is 6.62. The lowest BCUT2D eigenvalue weighted by Gasteiger charge is -2.23. The number of hydrogen-bond acceptors (Lipinski definition) is 4. The van der Waals surface area contributed by atoms with Crippen LogP contribution in [0.4, 0.5) is 0 Å². The Bertz CT molecular complexity index is 584. The van der Waals surface area contributed by atoms with E-state index in [1.54, 1.807) is 14.1 Å². The van der Waals surface area contributed by atoms with Gasteiger partial charge < -0.3 is 25.0 Å². The number of likely N-dealkylation sites (N-methyl/N-ethyl adjacent to an activating group) is 1. The molecule has 7 heteroatoms. The van der Waals surface area contributed by atoms with Crippen LogP contribution in [0.5, 0.6) is 0 Å². The summed E-state index contributed by atoms with van der Waals surface area (Å²) in [5, 5.41) is 6.55. The van der Waals surface area contributed by atoms with Crippen LogP contribution in [-0.2, 0) is 20.7 Å². The molecule has 0 unspecified atom stereocenters. The molecular formula is C19H30N4O3. The zero-order valence-electron chi connectivity index (χ0n) is 16.0. The summed E-state index contributed by atoms with van der Waals surface area (Å²) in [7, 11) is 3.45. The van der Waals surface area contributed by atoms with Gasteiger partial charge in [-0.05, 0) is 18.9 Å². The minimum atomic E-state index is -0.540. The van der Waals surface area contributed by atoms with Gasteiger partial charge in [-0.1, -0.05) is 30.3 Å². The topological polar surface area (TPSA) is 75.2 Å². The third-order valence-electron chi connectivity index (χ3n) is 4.19. The summed E-state index contributed by atoms with van der Waals surface area (Å²) in [5.41, 5.74) is 1.25. The molecule has 1 aliphatic heterocycles. The lowest BCUT2D eigenvalue weighted by atomic mass is 10.1. The maximum Gasteiger partial charge on any atom is 0.243 e. The Hall–Kier alpha value is -2.12. The molecule has 2 N–H and O–H groups in total. The molecule has 1 aromatic carbocycles. The highest BCUT2D eigenvalue weighted by Crippen LogP contribution is 2.21. The lowest BCUT2D eigenvalue weighted by molar-refractivity contribution is -0.145. The van der Waals surface area contributed by atoms with E-state index in [4.69, 9.17) is 9.47 Å². The molecule has 144 valence electrons. The summed E-state index contributed by atoms with van der Waals surface area (Å²) in [6.45, 7) is 4.68. The number of rotatable bonds is 8. The molecule has 0 spiro atoms. The minimum absolute atomic E-state index is 0.0384. The van der Waals surface area contributed by atoms with Crippen LogP contribution in [0.2, 0.25) is 0 Å². The monoisotopic (exact) mass is 362 g/mol. The molecule has 1 amide bonds. The molecular weight excluding hydrogens is 332 g/mol. The number of guanidine groups is 1. The van der Waals surface area contributed by atoms with Crippen molar-refractivity contribution in [2.75, 3.05) is 46.9 Å². The average molecular weight is 362 g/mol. The molecule has 1 aromatic rings. The van der Waals surface area contributed by atoms with E-state index in [0.717, 1.165) is 13.0 Å². The van der Waals surface area contributed by atoms with Gasteiger partial charge in [0.2, 0.25) is 5.91 Å². The quantitative estimate of drug-likeness (QED) is 0.533. The van der Waals surface area contributed by atoms with Crippen molar-refractivity contribution in [2.24, 2.45) is 4.99 Å². The number of benzene rings is 1. The van der Waals surface area contributed by atoms with Crippen LogP contribution >= 0.6 is 0 Å². The van der Waals surface area contributed by atoms with Crippen molar-refractivity contribution in [1.29, 1.82) is 0 Å². The first-order valence-corrected chi connectivity index (χ1v) is 9.03. The molecule has 0 bridgehead atoms. The second-order valence-electron chi connectivity index (χ2n) is 6.62. The van der Waals surface area contributed by atoms with Crippen LogP contribution < -0.4 is 10.6 Å². The molecule has 2 rings (SSSR count). The molecule has 1 saturated heterocycles. The predicted molar refractivity (Wildman–Crippen MR) is 102 cm³/mol. The molecule has 1 fully saturated rings. The molecule has 1 aliphatic rings. The molecule has 1 heterocycles. The maximum absolute atomic E-state index is 11.8. The standard InChI is InChI=1S/C19H30N4O3/c1-19(25-13-14-26-19)10-12-21-18(22-15-17(24)23(2)3)20-11-9-16-7-5-4-6-8-16/h4-8H,9-15H2,1-3H3,(H2,20,21,22). The number of nitrogens with one attached hydrogen (secondary N) is 2. The fourth-order valence-corrected chi connectivity index (χ4v) is 2.54. The predicted octanol–water partition coefficient (Wildman–Crippen LogP) is 1.01. The van der Waals surface area contributed by atoms with Crippen LogP contribution in [0.25, 0.3) is 0 Å². The largest absolute Gasteiger partial charge is 0.356 e. The first-order valence-electron chi connectivity index (χ1n) is 9.03. The van der Waals surface area contributed by atoms with Gasteiger partial charge in [0.25, 0.3) is 0 Å². The second kappa shape index (κ2) is 10.1. The van der Waals surface area contributed by atoms with E-state index in [1.807, 2.05) is 25.1 Å². The number of amides is 1. The van der Waals surface area contributed by atoms with Gasteiger partial charge in [-0.3, -0.25) is 4.79 Å². The van der Waals surface area contributed by atoms with Crippen molar-refractivity contribution in [3.8, 4) is 0 Å². The van der Waals surface area contributed by atoms with E-state index in [-0.39, 0.29) is 12.5 Å². The first kappa shape index (κ1) is 20.2. The van der Waals surface area contributed by atoms with E-state index in [1.165, 1.54) is 10.5 Å². The third-order valence-corrected chi connectivity index (χ3v) is 4.19. The van der Waals surface area contributed by atoms with Crippen molar-refractivity contribution >= 4 is 11.9 Å². The Kier molecular flexibility index (Phi) is 7.87. The number of nitrogens with zero attached hydrogens (tertiary/aromatic N) is 2. The highest BCUT2D eigenvalue weighted by molar-refractivity contribution is 5.84. The van der Waals surface area contributed by atoms with Crippen LogP contribution in [-0.4, -0.2) is 69.5 Å². The van der Waals surface area contributed by atoms with Gasteiger partial charge in [0.1, 0.15) is 6.54 Å². The highest BCUT2D eigenvalue weighted by atomic mass is 16.7. The normalized spacial score (nSPS) is 16.3. The summed E-state index contributed by atoms with van der Waals surface area (Å²) in [6.07, 6.45) is 1.58. The molecule has 7 nitrogen and oxygen atoms in total. The van der Waals surface area contributed by atoms with E-state index in [0.29, 0.717) is 32.1 Å². The van der Waals surface area contributed by atoms with E-state index >= 15 is 0 Å². The smallest absolute Gasteiger partial charge is 0.243 e. The third kappa shape index (κ3) is 7.01. The van der Waals surface area contributed by atoms with Crippen molar-refractivity contribution in [2.45, 2.75) is 25.6 Å². The summed E-state index contributed by atoms with van der Waals surface area (Å²) in [4.78, 5) is 17.7. The molecule has 26 heavy (non-hydrogen) atoms. The molecule has 0 saturated carbocycles. The van der Waals surface area contributed by atoms with Gasteiger partial charge in [-0.2, -0.15) is 0 Å². The van der Waals surface area contributed by atoms with Gasteiger partial charge in [-0.25, -0.2) is 4.99 Å². The van der Waals surface area contributed by atoms with Gasteiger partial charge >= 0.3 is 0 Å². The van der Waals surface area contributed by atoms with Crippen LogP contribution in [0.15, 0.2) is 35.3 Å². The fraction of sp³-hybridized carbons (Fsp3) is 0.579. The average Bonchev–Trinajstić information content (AvgIpc) is 3.06. The highest BCUT2D eigenvalue weighted by Gasteiger charge is 2.30. The summed E-state index contributed by atoms with van der Waals surface area (Å²) >= 11 is 0. The number of carbonyl (C=O) groups excluding carboxylic acids is 1. The first-order chi connectivity index (χ1) is 12.5. The minimum Gasteiger partial charge on any atom is -0.356 e. The Morgan fingerprint density at radius 1 is 1.15 bits per heavy atom. The molecule has 0 aliphatic carbocycles. The van der Waals surface area contributed by atoms with E-state index < -0.39 is 5.79 Å². The van der Waals surface area contributed by atoms with Gasteiger partial charge in [-0.15, -0.1) is 0 Å². The van der Waals surface area contributed by atoms with Gasteiger partial charge in [0.05, 0.1) is 13.2 Å². The molecule has 0 radical (unpaired) electrons. The fourth-order valence-electron chi connectivity index (χ4n) is 2.54. The molecule has 0 aromatic heterocycles. The van der Waals surface area contributed by atoms with Crippen LogP contribution in [0, 0.1) is 0 Å². The Morgan fingerprint density at radius 3 is 2.46 bits per heavy atom. The molecule has 0 atom stereocenters. The van der Waals surface area contributed by atoms with Crippen molar-refractivity contribution in [1.82, 2.24) is 15.5 Å². The summed E-state index contributed by atoms with van der Waals surface area (Å²) < 4.78 is 11.2. The van der Waals surface area contributed by atoms with Crippen molar-refractivity contribution in [3.05, 3.63) is 35.9 Å². The van der Waals surface area contributed by atoms with E-state index in [2.05, 4.69) is 27.8 Å². The lowest BCUT2D eigenvalue weighted by Crippen LogP contribution is -2.42. The number of ether oxygens (including phenoxy) is 2. The van der Waals surface area contributed by atoms with Crippen LogP contribution in [0.3, 0.4) is 0 Å². The SMILES string of the molecule is CN(C)C(=O)CN=C(NCCc1ccccc1)NCCC1(C)OCCO1.